The summed E-state index contributed by atoms with van der Waals surface area (Å²) in [7, 11) is 0. The summed E-state index contributed by atoms with van der Waals surface area (Å²) in [6, 6.07) is 8.67. The molecule has 22 heavy (non-hydrogen) atoms. The Morgan fingerprint density at radius 2 is 2.23 bits per heavy atom. The summed E-state index contributed by atoms with van der Waals surface area (Å²) < 4.78 is 1.38. The first-order valence-corrected chi connectivity index (χ1v) is 9.50. The lowest BCUT2D eigenvalue weighted by Crippen LogP contribution is -2.30. The van der Waals surface area contributed by atoms with E-state index < -0.39 is 0 Å². The first-order chi connectivity index (χ1) is 10.8. The zero-order valence-corrected chi connectivity index (χ0v) is 14.1. The summed E-state index contributed by atoms with van der Waals surface area (Å²) in [5, 5.41) is 4.58. The lowest BCUT2D eigenvalue weighted by atomic mass is 10.1. The Morgan fingerprint density at radius 3 is 3.14 bits per heavy atom. The third kappa shape index (κ3) is 2.64. The van der Waals surface area contributed by atoms with Crippen molar-refractivity contribution in [2.45, 2.75) is 24.7 Å². The Hall–Kier alpha value is -1.43. The number of benzene rings is 1. The molecule has 0 aliphatic carbocycles. The summed E-state index contributed by atoms with van der Waals surface area (Å²) in [4.78, 5) is 11.6. The van der Waals surface area contributed by atoms with Crippen LogP contribution in [0.5, 0.6) is 0 Å². The smallest absolute Gasteiger partial charge is 0.187 e. The maximum absolute atomic E-state index is 4.64. The van der Waals surface area contributed by atoms with Crippen LogP contribution in [0.2, 0.25) is 0 Å². The molecule has 0 N–H and O–H groups in total. The van der Waals surface area contributed by atoms with Gasteiger partial charge in [0.15, 0.2) is 5.16 Å². The zero-order chi connectivity index (χ0) is 14.9. The fourth-order valence-electron chi connectivity index (χ4n) is 2.99. The van der Waals surface area contributed by atoms with Crippen LogP contribution >= 0.6 is 23.1 Å². The van der Waals surface area contributed by atoms with Crippen molar-refractivity contribution in [2.75, 3.05) is 12.8 Å². The van der Waals surface area contributed by atoms with Crippen molar-refractivity contribution in [1.82, 2.24) is 14.9 Å². The van der Waals surface area contributed by atoms with Gasteiger partial charge in [0.25, 0.3) is 0 Å². The minimum absolute atomic E-state index is 0.885. The minimum Gasteiger partial charge on any atom is -0.294 e. The molecule has 1 aliphatic heterocycles. The lowest BCUT2D eigenvalue weighted by molar-refractivity contribution is 0.243. The number of fused-ring (bicyclic) bond motifs is 2. The second-order valence-corrected chi connectivity index (χ2v) is 7.23. The molecule has 3 heterocycles. The normalized spacial score (nSPS) is 15.1. The zero-order valence-electron chi connectivity index (χ0n) is 12.5. The summed E-state index contributed by atoms with van der Waals surface area (Å²) in [6.07, 6.45) is 5.05. The van der Waals surface area contributed by atoms with Gasteiger partial charge in [0.1, 0.15) is 0 Å². The van der Waals surface area contributed by atoms with Crippen LogP contribution in [0.1, 0.15) is 16.8 Å². The predicted octanol–water partition coefficient (Wildman–Crippen LogP) is 3.97. The van der Waals surface area contributed by atoms with Crippen LogP contribution in [-0.4, -0.2) is 27.7 Å². The van der Waals surface area contributed by atoms with Gasteiger partial charge in [0.2, 0.25) is 0 Å². The molecule has 0 saturated heterocycles. The van der Waals surface area contributed by atoms with Gasteiger partial charge in [0, 0.05) is 42.5 Å². The van der Waals surface area contributed by atoms with Gasteiger partial charge in [-0.3, -0.25) is 4.90 Å². The third-order valence-electron chi connectivity index (χ3n) is 4.13. The molecular weight excluding hydrogens is 310 g/mol. The number of hydrogen-bond acceptors (Lipinski definition) is 5. The number of nitrogens with zero attached hydrogens (tertiary/aromatic N) is 3. The molecule has 4 rings (SSSR count). The van der Waals surface area contributed by atoms with Crippen molar-refractivity contribution in [1.29, 1.82) is 0 Å². The van der Waals surface area contributed by atoms with Crippen molar-refractivity contribution in [3.05, 3.63) is 52.7 Å². The fraction of sp³-hybridized carbons (Fsp3) is 0.294. The highest BCUT2D eigenvalue weighted by atomic mass is 32.2. The first kappa shape index (κ1) is 14.2. The number of thiophene rings is 1. The van der Waals surface area contributed by atoms with Crippen molar-refractivity contribution in [3.63, 3.8) is 0 Å². The molecule has 2 aromatic heterocycles. The van der Waals surface area contributed by atoms with Gasteiger partial charge >= 0.3 is 0 Å². The van der Waals surface area contributed by atoms with E-state index in [2.05, 4.69) is 44.5 Å². The van der Waals surface area contributed by atoms with Crippen LogP contribution in [0, 0.1) is 0 Å². The predicted molar refractivity (Wildman–Crippen MR) is 93.5 cm³/mol. The topological polar surface area (TPSA) is 29.0 Å². The Morgan fingerprint density at radius 1 is 1.32 bits per heavy atom. The van der Waals surface area contributed by atoms with Crippen LogP contribution < -0.4 is 0 Å². The Kier molecular flexibility index (Phi) is 3.86. The molecule has 1 aliphatic rings. The molecular formula is C17H17N3S2. The van der Waals surface area contributed by atoms with E-state index in [1.54, 1.807) is 11.8 Å². The third-order valence-corrected chi connectivity index (χ3v) is 5.70. The van der Waals surface area contributed by atoms with Crippen molar-refractivity contribution in [3.8, 4) is 0 Å². The monoisotopic (exact) mass is 327 g/mol. The van der Waals surface area contributed by atoms with Gasteiger partial charge in [0.05, 0.1) is 5.69 Å². The highest BCUT2D eigenvalue weighted by molar-refractivity contribution is 7.98. The van der Waals surface area contributed by atoms with Gasteiger partial charge in [-0.1, -0.05) is 30.0 Å². The second kappa shape index (κ2) is 5.99. The Bertz CT molecular complexity index is 813. The van der Waals surface area contributed by atoms with Crippen LogP contribution in [0.4, 0.5) is 0 Å². The first-order valence-electron chi connectivity index (χ1n) is 7.40. The SMILES string of the molecule is CSc1ncc2c(n1)CCN(Cc1csc3ccccc13)C2. The number of rotatable bonds is 3. The van der Waals surface area contributed by atoms with Gasteiger partial charge in [-0.05, 0) is 28.7 Å². The standard InChI is InChI=1S/C17H17N3S2/c1-21-17-18-8-12-9-20(7-6-15(12)19-17)10-13-11-22-16-5-3-2-4-14(13)16/h2-5,8,11H,6-7,9-10H2,1H3. The molecule has 0 spiro atoms. The number of aromatic nitrogens is 2. The van der Waals surface area contributed by atoms with Crippen LogP contribution in [0.25, 0.3) is 10.1 Å². The van der Waals surface area contributed by atoms with Gasteiger partial charge in [-0.25, -0.2) is 9.97 Å². The van der Waals surface area contributed by atoms with E-state index in [4.69, 9.17) is 0 Å². The largest absolute Gasteiger partial charge is 0.294 e. The lowest BCUT2D eigenvalue weighted by Gasteiger charge is -2.27. The van der Waals surface area contributed by atoms with Crippen molar-refractivity contribution < 1.29 is 0 Å². The van der Waals surface area contributed by atoms with Gasteiger partial charge < -0.3 is 0 Å². The van der Waals surface area contributed by atoms with E-state index in [1.807, 2.05) is 23.8 Å². The van der Waals surface area contributed by atoms with Crippen LogP contribution in [0.15, 0.2) is 41.0 Å². The molecule has 3 nitrogen and oxygen atoms in total. The van der Waals surface area contributed by atoms with E-state index in [0.717, 1.165) is 31.2 Å². The highest BCUT2D eigenvalue weighted by Gasteiger charge is 2.19. The molecule has 0 atom stereocenters. The molecule has 112 valence electrons. The molecule has 5 heteroatoms. The Balaban J connectivity index is 1.55. The maximum Gasteiger partial charge on any atom is 0.187 e. The molecule has 0 amide bonds. The van der Waals surface area contributed by atoms with Gasteiger partial charge in [-0.15, -0.1) is 11.3 Å². The summed E-state index contributed by atoms with van der Waals surface area (Å²) in [5.41, 5.74) is 3.94. The average molecular weight is 327 g/mol. The summed E-state index contributed by atoms with van der Waals surface area (Å²) >= 11 is 3.45. The maximum atomic E-state index is 4.64. The van der Waals surface area contributed by atoms with Crippen LogP contribution in [-0.2, 0) is 19.5 Å². The summed E-state index contributed by atoms with van der Waals surface area (Å²) in [5.74, 6) is 0. The highest BCUT2D eigenvalue weighted by Crippen LogP contribution is 2.28. The molecule has 0 unspecified atom stereocenters. The van der Waals surface area contributed by atoms with E-state index in [1.165, 1.54) is 26.9 Å². The van der Waals surface area contributed by atoms with Gasteiger partial charge in [-0.2, -0.15) is 0 Å². The van der Waals surface area contributed by atoms with Crippen molar-refractivity contribution >= 4 is 33.2 Å². The molecule has 0 radical (unpaired) electrons. The average Bonchev–Trinajstić information content (AvgIpc) is 2.97. The molecule has 1 aromatic carbocycles. The fourth-order valence-corrected chi connectivity index (χ4v) is 4.30. The Labute approximate surface area is 138 Å². The van der Waals surface area contributed by atoms with Crippen LogP contribution in [0.3, 0.4) is 0 Å². The molecule has 0 bridgehead atoms. The van der Waals surface area contributed by atoms with E-state index >= 15 is 0 Å². The molecule has 3 aromatic rings. The minimum atomic E-state index is 0.885. The van der Waals surface area contributed by atoms with E-state index in [-0.39, 0.29) is 0 Å². The number of thioether (sulfide) groups is 1. The second-order valence-electron chi connectivity index (χ2n) is 5.55. The number of hydrogen-bond donors (Lipinski definition) is 0. The quantitative estimate of drug-likeness (QED) is 0.538. The molecule has 0 fully saturated rings. The van der Waals surface area contributed by atoms with E-state index in [9.17, 15) is 0 Å². The van der Waals surface area contributed by atoms with Crippen molar-refractivity contribution in [2.24, 2.45) is 0 Å². The molecule has 0 saturated carbocycles. The summed E-state index contributed by atoms with van der Waals surface area (Å²) in [6.45, 7) is 3.03. The van der Waals surface area contributed by atoms with E-state index in [0.29, 0.717) is 0 Å².